The second-order valence-corrected chi connectivity index (χ2v) is 5.02. The lowest BCUT2D eigenvalue weighted by molar-refractivity contribution is 0.0945. The number of halogens is 1. The minimum Gasteiger partial charge on any atom is -0.352 e. The summed E-state index contributed by atoms with van der Waals surface area (Å²) in [6.45, 7) is 2.38. The molecule has 1 saturated carbocycles. The van der Waals surface area contributed by atoms with Crippen LogP contribution in [-0.4, -0.2) is 18.5 Å². The molecule has 0 aromatic heterocycles. The summed E-state index contributed by atoms with van der Waals surface area (Å²) in [5, 5.41) is 2.85. The smallest absolute Gasteiger partial charge is 0.251 e. The van der Waals surface area contributed by atoms with E-state index >= 15 is 0 Å². The van der Waals surface area contributed by atoms with Crippen molar-refractivity contribution in [2.75, 3.05) is 6.54 Å². The molecule has 98 valence electrons. The molecule has 1 aliphatic rings. The molecular weight excluding hydrogens is 231 g/mol. The van der Waals surface area contributed by atoms with Crippen LogP contribution in [0.4, 0.5) is 4.39 Å². The predicted octanol–water partition coefficient (Wildman–Crippen LogP) is 1.99. The Morgan fingerprint density at radius 2 is 2.28 bits per heavy atom. The summed E-state index contributed by atoms with van der Waals surface area (Å²) in [5.41, 5.74) is 7.13. The first-order valence-corrected chi connectivity index (χ1v) is 6.38. The van der Waals surface area contributed by atoms with Gasteiger partial charge in [0.05, 0.1) is 0 Å². The van der Waals surface area contributed by atoms with Gasteiger partial charge in [0, 0.05) is 18.2 Å². The number of carbonyl (C=O) groups is 1. The van der Waals surface area contributed by atoms with E-state index in [9.17, 15) is 9.18 Å². The van der Waals surface area contributed by atoms with Gasteiger partial charge in [-0.05, 0) is 43.4 Å². The van der Waals surface area contributed by atoms with Crippen LogP contribution < -0.4 is 11.1 Å². The highest BCUT2D eigenvalue weighted by atomic mass is 19.1. The maximum atomic E-state index is 13.1. The van der Waals surface area contributed by atoms with Crippen LogP contribution >= 0.6 is 0 Å². The van der Waals surface area contributed by atoms with Gasteiger partial charge in [-0.2, -0.15) is 0 Å². The van der Waals surface area contributed by atoms with Crippen LogP contribution in [0.25, 0.3) is 0 Å². The first-order valence-electron chi connectivity index (χ1n) is 6.38. The predicted molar refractivity (Wildman–Crippen MR) is 68.8 cm³/mol. The second kappa shape index (κ2) is 5.48. The number of nitrogens with one attached hydrogen (secondary N) is 1. The highest BCUT2D eigenvalue weighted by Crippen LogP contribution is 2.23. The van der Waals surface area contributed by atoms with Crippen LogP contribution in [0.15, 0.2) is 18.2 Å². The summed E-state index contributed by atoms with van der Waals surface area (Å²) in [6.07, 6.45) is 3.21. The van der Waals surface area contributed by atoms with Crippen LogP contribution in [0.1, 0.15) is 35.2 Å². The molecule has 0 heterocycles. The maximum Gasteiger partial charge on any atom is 0.251 e. The van der Waals surface area contributed by atoms with Crippen LogP contribution in [0.3, 0.4) is 0 Å². The summed E-state index contributed by atoms with van der Waals surface area (Å²) in [7, 11) is 0. The average molecular weight is 250 g/mol. The Hall–Kier alpha value is -1.42. The number of rotatable bonds is 3. The second-order valence-electron chi connectivity index (χ2n) is 5.02. The number of nitrogens with two attached hydrogens (primary N) is 1. The van der Waals surface area contributed by atoms with E-state index in [2.05, 4.69) is 5.32 Å². The van der Waals surface area contributed by atoms with Crippen molar-refractivity contribution < 1.29 is 9.18 Å². The van der Waals surface area contributed by atoms with E-state index in [4.69, 9.17) is 5.73 Å². The zero-order valence-corrected chi connectivity index (χ0v) is 10.6. The van der Waals surface area contributed by atoms with Gasteiger partial charge in [0.25, 0.3) is 5.91 Å². The quantitative estimate of drug-likeness (QED) is 0.862. The van der Waals surface area contributed by atoms with E-state index in [1.54, 1.807) is 13.0 Å². The summed E-state index contributed by atoms with van der Waals surface area (Å²) in [4.78, 5) is 12.0. The molecule has 0 radical (unpaired) electrons. The van der Waals surface area contributed by atoms with Crippen molar-refractivity contribution in [3.63, 3.8) is 0 Å². The highest BCUT2D eigenvalue weighted by Gasteiger charge is 2.24. The van der Waals surface area contributed by atoms with Gasteiger partial charge in [-0.15, -0.1) is 0 Å². The monoisotopic (exact) mass is 250 g/mol. The molecule has 1 aliphatic carbocycles. The minimum absolute atomic E-state index is 0.180. The van der Waals surface area contributed by atoms with Crippen molar-refractivity contribution in [3.05, 3.63) is 35.1 Å². The number of aryl methyl sites for hydroxylation is 1. The molecule has 0 bridgehead atoms. The lowest BCUT2D eigenvalue weighted by atomic mass is 10.0. The molecule has 1 aromatic carbocycles. The molecule has 2 unspecified atom stereocenters. The number of hydrogen-bond acceptors (Lipinski definition) is 2. The molecule has 1 aromatic rings. The SMILES string of the molecule is Cc1ccc(F)cc1C(=O)NCC1CCCC1N. The Bertz CT molecular complexity index is 447. The van der Waals surface area contributed by atoms with E-state index < -0.39 is 0 Å². The highest BCUT2D eigenvalue weighted by molar-refractivity contribution is 5.95. The van der Waals surface area contributed by atoms with Gasteiger partial charge in [0.1, 0.15) is 5.82 Å². The van der Waals surface area contributed by atoms with Crippen LogP contribution in [0, 0.1) is 18.7 Å². The third kappa shape index (κ3) is 2.88. The summed E-state index contributed by atoms with van der Waals surface area (Å²) < 4.78 is 13.1. The summed E-state index contributed by atoms with van der Waals surface area (Å²) in [6, 6.07) is 4.43. The van der Waals surface area contributed by atoms with Crippen LogP contribution in [0.2, 0.25) is 0 Å². The Kier molecular flexibility index (Phi) is 3.97. The van der Waals surface area contributed by atoms with Gasteiger partial charge >= 0.3 is 0 Å². The standard InChI is InChI=1S/C14H19FN2O/c1-9-5-6-11(15)7-12(9)14(18)17-8-10-3-2-4-13(10)16/h5-7,10,13H,2-4,8,16H2,1H3,(H,17,18). The van der Waals surface area contributed by atoms with E-state index in [1.165, 1.54) is 12.1 Å². The van der Waals surface area contributed by atoms with Crippen molar-refractivity contribution in [2.24, 2.45) is 11.7 Å². The molecule has 0 saturated heterocycles. The molecule has 0 spiro atoms. The zero-order valence-electron chi connectivity index (χ0n) is 10.6. The van der Waals surface area contributed by atoms with Gasteiger partial charge in [0.15, 0.2) is 0 Å². The third-order valence-electron chi connectivity index (χ3n) is 3.69. The molecule has 1 amide bonds. The van der Waals surface area contributed by atoms with E-state index in [-0.39, 0.29) is 17.8 Å². The minimum atomic E-state index is -0.386. The number of carbonyl (C=O) groups excluding carboxylic acids is 1. The Morgan fingerprint density at radius 1 is 1.50 bits per heavy atom. The molecule has 18 heavy (non-hydrogen) atoms. The van der Waals surface area contributed by atoms with Crippen molar-refractivity contribution >= 4 is 5.91 Å². The zero-order chi connectivity index (χ0) is 13.1. The van der Waals surface area contributed by atoms with Gasteiger partial charge < -0.3 is 11.1 Å². The largest absolute Gasteiger partial charge is 0.352 e. The topological polar surface area (TPSA) is 55.1 Å². The molecule has 0 aliphatic heterocycles. The number of hydrogen-bond donors (Lipinski definition) is 2. The third-order valence-corrected chi connectivity index (χ3v) is 3.69. The fourth-order valence-electron chi connectivity index (χ4n) is 2.48. The van der Waals surface area contributed by atoms with Crippen LogP contribution in [-0.2, 0) is 0 Å². The van der Waals surface area contributed by atoms with Crippen molar-refractivity contribution in [2.45, 2.75) is 32.2 Å². The molecular formula is C14H19FN2O. The van der Waals surface area contributed by atoms with Gasteiger partial charge in [0.2, 0.25) is 0 Å². The maximum absolute atomic E-state index is 13.1. The average Bonchev–Trinajstić information content (AvgIpc) is 2.75. The van der Waals surface area contributed by atoms with E-state index in [0.29, 0.717) is 18.0 Å². The van der Waals surface area contributed by atoms with Crippen molar-refractivity contribution in [3.8, 4) is 0 Å². The molecule has 2 atom stereocenters. The number of amides is 1. The molecule has 2 rings (SSSR count). The van der Waals surface area contributed by atoms with Crippen LogP contribution in [0.5, 0.6) is 0 Å². The Balaban J connectivity index is 1.97. The van der Waals surface area contributed by atoms with Crippen molar-refractivity contribution in [1.82, 2.24) is 5.32 Å². The molecule has 3 nitrogen and oxygen atoms in total. The summed E-state index contributed by atoms with van der Waals surface area (Å²) in [5.74, 6) is -0.253. The molecule has 3 N–H and O–H groups in total. The fraction of sp³-hybridized carbons (Fsp3) is 0.500. The first kappa shape index (κ1) is 13.0. The van der Waals surface area contributed by atoms with Gasteiger partial charge in [-0.25, -0.2) is 4.39 Å². The molecule has 1 fully saturated rings. The van der Waals surface area contributed by atoms with E-state index in [1.807, 2.05) is 0 Å². The van der Waals surface area contributed by atoms with Crippen molar-refractivity contribution in [1.29, 1.82) is 0 Å². The summed E-state index contributed by atoms with van der Waals surface area (Å²) >= 11 is 0. The lowest BCUT2D eigenvalue weighted by Crippen LogP contribution is -2.36. The normalized spacial score (nSPS) is 23.1. The molecule has 4 heteroatoms. The first-order chi connectivity index (χ1) is 8.58. The lowest BCUT2D eigenvalue weighted by Gasteiger charge is -2.16. The fourth-order valence-corrected chi connectivity index (χ4v) is 2.48. The van der Waals surface area contributed by atoms with Gasteiger partial charge in [-0.3, -0.25) is 4.79 Å². The van der Waals surface area contributed by atoms with E-state index in [0.717, 1.165) is 24.8 Å². The Labute approximate surface area is 107 Å². The number of benzene rings is 1. The van der Waals surface area contributed by atoms with Gasteiger partial charge in [-0.1, -0.05) is 12.5 Å². The Morgan fingerprint density at radius 3 is 2.94 bits per heavy atom.